The summed E-state index contributed by atoms with van der Waals surface area (Å²) in [6.45, 7) is 3.54. The van der Waals surface area contributed by atoms with Crippen molar-refractivity contribution in [1.29, 1.82) is 0 Å². The molecule has 116 valence electrons. The molecular weight excluding hydrogens is 284 g/mol. The Hall–Kier alpha value is -2.71. The van der Waals surface area contributed by atoms with Crippen molar-refractivity contribution < 1.29 is 4.79 Å². The first-order valence-electron chi connectivity index (χ1n) is 6.98. The summed E-state index contributed by atoms with van der Waals surface area (Å²) in [5.41, 5.74) is 0.568. The fraction of sp³-hybridized carbons (Fsp3) is 0.462. The Morgan fingerprint density at radius 1 is 1.27 bits per heavy atom. The summed E-state index contributed by atoms with van der Waals surface area (Å²) in [5.74, 6) is 2.13. The van der Waals surface area contributed by atoms with Crippen molar-refractivity contribution in [2.45, 2.75) is 20.0 Å². The lowest BCUT2D eigenvalue weighted by Crippen LogP contribution is -2.41. The van der Waals surface area contributed by atoms with Gasteiger partial charge < -0.3 is 15.1 Å². The molecule has 2 aromatic heterocycles. The maximum Gasteiger partial charge on any atom is 0.322 e. The summed E-state index contributed by atoms with van der Waals surface area (Å²) < 4.78 is 1.84. The fourth-order valence-corrected chi connectivity index (χ4v) is 2.25. The van der Waals surface area contributed by atoms with Gasteiger partial charge in [-0.05, 0) is 6.92 Å². The van der Waals surface area contributed by atoms with Crippen LogP contribution in [0.1, 0.15) is 11.6 Å². The Morgan fingerprint density at radius 2 is 2.00 bits per heavy atom. The quantitative estimate of drug-likeness (QED) is 0.868. The van der Waals surface area contributed by atoms with Crippen LogP contribution >= 0.6 is 0 Å². The van der Waals surface area contributed by atoms with Crippen molar-refractivity contribution in [2.24, 2.45) is 0 Å². The van der Waals surface area contributed by atoms with Gasteiger partial charge in [-0.25, -0.2) is 24.4 Å². The predicted molar refractivity (Wildman–Crippen MR) is 80.5 cm³/mol. The van der Waals surface area contributed by atoms with E-state index in [0.29, 0.717) is 31.3 Å². The summed E-state index contributed by atoms with van der Waals surface area (Å²) in [7, 11) is 3.72. The number of carbonyl (C=O) groups excluding carboxylic acids is 1. The first-order chi connectivity index (χ1) is 10.5. The SMILES string of the molecule is Cc1nc2n(n1)CCN(C(=O)Nc1cnc(N(C)C)nc1)C2. The van der Waals surface area contributed by atoms with Crippen LogP contribution in [0.2, 0.25) is 0 Å². The summed E-state index contributed by atoms with van der Waals surface area (Å²) >= 11 is 0. The Kier molecular flexibility index (Phi) is 3.61. The number of urea groups is 1. The van der Waals surface area contributed by atoms with Crippen LogP contribution in [-0.4, -0.2) is 56.3 Å². The van der Waals surface area contributed by atoms with Crippen LogP contribution in [0.4, 0.5) is 16.4 Å². The van der Waals surface area contributed by atoms with E-state index in [2.05, 4.69) is 25.4 Å². The summed E-state index contributed by atoms with van der Waals surface area (Å²) in [4.78, 5) is 28.5. The molecule has 3 rings (SSSR count). The number of aryl methyl sites for hydroxylation is 1. The molecule has 0 radical (unpaired) electrons. The molecule has 0 saturated heterocycles. The van der Waals surface area contributed by atoms with Gasteiger partial charge in [0.15, 0.2) is 0 Å². The minimum absolute atomic E-state index is 0.187. The molecule has 0 aromatic carbocycles. The Balaban J connectivity index is 1.65. The van der Waals surface area contributed by atoms with Crippen molar-refractivity contribution in [2.75, 3.05) is 30.9 Å². The highest BCUT2D eigenvalue weighted by Crippen LogP contribution is 2.13. The van der Waals surface area contributed by atoms with Gasteiger partial charge in [0.05, 0.1) is 31.2 Å². The lowest BCUT2D eigenvalue weighted by Gasteiger charge is -2.26. The second-order valence-electron chi connectivity index (χ2n) is 5.32. The molecule has 0 saturated carbocycles. The molecule has 22 heavy (non-hydrogen) atoms. The molecular formula is C13H18N8O. The second kappa shape index (κ2) is 5.58. The van der Waals surface area contributed by atoms with Gasteiger partial charge in [-0.15, -0.1) is 0 Å². The molecule has 1 N–H and O–H groups in total. The van der Waals surface area contributed by atoms with E-state index >= 15 is 0 Å². The number of amides is 2. The first-order valence-corrected chi connectivity index (χ1v) is 6.98. The normalized spacial score (nSPS) is 13.7. The maximum atomic E-state index is 12.3. The van der Waals surface area contributed by atoms with Crippen LogP contribution in [-0.2, 0) is 13.1 Å². The predicted octanol–water partition coefficient (Wildman–Crippen LogP) is 0.490. The second-order valence-corrected chi connectivity index (χ2v) is 5.32. The minimum atomic E-state index is -0.187. The lowest BCUT2D eigenvalue weighted by atomic mass is 10.4. The van der Waals surface area contributed by atoms with Crippen LogP contribution in [0, 0.1) is 6.92 Å². The van der Waals surface area contributed by atoms with Crippen LogP contribution in [0.15, 0.2) is 12.4 Å². The van der Waals surface area contributed by atoms with E-state index in [0.717, 1.165) is 11.6 Å². The molecule has 2 aromatic rings. The van der Waals surface area contributed by atoms with Crippen LogP contribution in [0.3, 0.4) is 0 Å². The van der Waals surface area contributed by atoms with Crippen LogP contribution in [0.5, 0.6) is 0 Å². The number of rotatable bonds is 2. The topological polar surface area (TPSA) is 92.1 Å². The molecule has 0 unspecified atom stereocenters. The fourth-order valence-electron chi connectivity index (χ4n) is 2.25. The molecule has 9 heteroatoms. The lowest BCUT2D eigenvalue weighted by molar-refractivity contribution is 0.193. The first kappa shape index (κ1) is 14.2. The van der Waals surface area contributed by atoms with Crippen molar-refractivity contribution in [3.05, 3.63) is 24.0 Å². The van der Waals surface area contributed by atoms with Gasteiger partial charge in [-0.2, -0.15) is 5.10 Å². The van der Waals surface area contributed by atoms with Gasteiger partial charge in [0, 0.05) is 20.6 Å². The van der Waals surface area contributed by atoms with Gasteiger partial charge in [0.2, 0.25) is 5.95 Å². The van der Waals surface area contributed by atoms with Gasteiger partial charge in [-0.1, -0.05) is 0 Å². The number of hydrogen-bond acceptors (Lipinski definition) is 6. The van der Waals surface area contributed by atoms with Gasteiger partial charge in [-0.3, -0.25) is 0 Å². The Labute approximate surface area is 128 Å². The molecule has 9 nitrogen and oxygen atoms in total. The van der Waals surface area contributed by atoms with E-state index in [-0.39, 0.29) is 6.03 Å². The number of hydrogen-bond donors (Lipinski definition) is 1. The highest BCUT2D eigenvalue weighted by atomic mass is 16.2. The highest BCUT2D eigenvalue weighted by Gasteiger charge is 2.23. The Morgan fingerprint density at radius 3 is 2.68 bits per heavy atom. The number of aromatic nitrogens is 5. The average molecular weight is 302 g/mol. The standard InChI is InChI=1S/C13H18N8O/c1-9-16-11-8-20(4-5-21(11)18-9)13(22)17-10-6-14-12(15-7-10)19(2)3/h6-7H,4-5,8H2,1-3H3,(H,17,22). The third kappa shape index (κ3) is 2.83. The zero-order valence-electron chi connectivity index (χ0n) is 12.8. The highest BCUT2D eigenvalue weighted by molar-refractivity contribution is 5.89. The summed E-state index contributed by atoms with van der Waals surface area (Å²) in [6, 6.07) is -0.187. The van der Waals surface area contributed by atoms with Crippen LogP contribution in [0.25, 0.3) is 0 Å². The third-order valence-electron chi connectivity index (χ3n) is 3.34. The zero-order chi connectivity index (χ0) is 15.7. The molecule has 1 aliphatic rings. The van der Waals surface area contributed by atoms with Gasteiger partial charge in [0.1, 0.15) is 11.6 Å². The van der Waals surface area contributed by atoms with E-state index in [1.165, 1.54) is 0 Å². The van der Waals surface area contributed by atoms with Crippen molar-refractivity contribution in [3.8, 4) is 0 Å². The zero-order valence-corrected chi connectivity index (χ0v) is 12.8. The molecule has 0 bridgehead atoms. The smallest absolute Gasteiger partial charge is 0.322 e. The van der Waals surface area contributed by atoms with E-state index in [1.807, 2.05) is 25.7 Å². The van der Waals surface area contributed by atoms with Gasteiger partial charge >= 0.3 is 6.03 Å². The summed E-state index contributed by atoms with van der Waals surface area (Å²) in [5, 5.41) is 7.08. The van der Waals surface area contributed by atoms with Crippen molar-refractivity contribution in [3.63, 3.8) is 0 Å². The minimum Gasteiger partial charge on any atom is -0.347 e. The molecule has 0 spiro atoms. The molecule has 2 amide bonds. The van der Waals surface area contributed by atoms with Crippen LogP contribution < -0.4 is 10.2 Å². The van der Waals surface area contributed by atoms with E-state index < -0.39 is 0 Å². The van der Waals surface area contributed by atoms with E-state index in [1.54, 1.807) is 22.2 Å². The third-order valence-corrected chi connectivity index (χ3v) is 3.34. The number of nitrogens with one attached hydrogen (secondary N) is 1. The molecule has 3 heterocycles. The molecule has 0 atom stereocenters. The Bertz CT molecular complexity index is 678. The van der Waals surface area contributed by atoms with Gasteiger partial charge in [0.25, 0.3) is 0 Å². The van der Waals surface area contributed by atoms with Crippen molar-refractivity contribution >= 4 is 17.7 Å². The molecule has 0 aliphatic carbocycles. The number of nitrogens with zero attached hydrogens (tertiary/aromatic N) is 7. The molecule has 0 fully saturated rings. The largest absolute Gasteiger partial charge is 0.347 e. The summed E-state index contributed by atoms with van der Waals surface area (Å²) in [6.07, 6.45) is 3.19. The number of carbonyl (C=O) groups is 1. The molecule has 1 aliphatic heterocycles. The van der Waals surface area contributed by atoms with Crippen molar-refractivity contribution in [1.82, 2.24) is 29.6 Å². The average Bonchev–Trinajstić information content (AvgIpc) is 2.86. The maximum absolute atomic E-state index is 12.3. The van der Waals surface area contributed by atoms with E-state index in [9.17, 15) is 4.79 Å². The number of fused-ring (bicyclic) bond motifs is 1. The van der Waals surface area contributed by atoms with E-state index in [4.69, 9.17) is 0 Å². The monoisotopic (exact) mass is 302 g/mol. The number of anilines is 2.